The van der Waals surface area contributed by atoms with Gasteiger partial charge in [0.1, 0.15) is 5.56 Å². The lowest BCUT2D eigenvalue weighted by Crippen LogP contribution is -2.47. The highest BCUT2D eigenvalue weighted by atomic mass is 16.5. The number of nitrogens with two attached hydrogens (primary N) is 1. The minimum atomic E-state index is -0.650. The van der Waals surface area contributed by atoms with Crippen molar-refractivity contribution in [3.05, 3.63) is 23.4 Å². The van der Waals surface area contributed by atoms with Gasteiger partial charge in [0.2, 0.25) is 0 Å². The molecule has 4 rings (SSSR count). The van der Waals surface area contributed by atoms with Crippen molar-refractivity contribution in [3.8, 4) is 6.07 Å². The molecule has 1 saturated heterocycles. The fourth-order valence-electron chi connectivity index (χ4n) is 4.47. The van der Waals surface area contributed by atoms with Crippen LogP contribution in [0.3, 0.4) is 0 Å². The third-order valence-corrected chi connectivity index (χ3v) is 6.41. The number of carbonyl (C=O) groups excluding carboxylic acids is 2. The second kappa shape index (κ2) is 8.58. The zero-order chi connectivity index (χ0) is 21.1. The van der Waals surface area contributed by atoms with Gasteiger partial charge in [-0.3, -0.25) is 14.3 Å². The van der Waals surface area contributed by atoms with Crippen LogP contribution in [0, 0.1) is 11.3 Å². The van der Waals surface area contributed by atoms with E-state index in [0.29, 0.717) is 24.1 Å². The van der Waals surface area contributed by atoms with E-state index in [0.717, 1.165) is 51.7 Å². The number of carbonyl (C=O) groups is 2. The first-order valence-electron chi connectivity index (χ1n) is 10.6. The molecule has 1 aromatic rings. The van der Waals surface area contributed by atoms with E-state index in [1.165, 1.54) is 0 Å². The Morgan fingerprint density at radius 2 is 1.93 bits per heavy atom. The molecule has 4 N–H and O–H groups in total. The molecule has 1 aromatic heterocycles. The topological polar surface area (TPSA) is 135 Å². The number of nitriles is 1. The van der Waals surface area contributed by atoms with Gasteiger partial charge in [-0.25, -0.2) is 0 Å². The Kier molecular flexibility index (Phi) is 5.88. The minimum Gasteiger partial charge on any atom is -0.381 e. The van der Waals surface area contributed by atoms with Gasteiger partial charge >= 0.3 is 0 Å². The Balaban J connectivity index is 1.49. The largest absolute Gasteiger partial charge is 0.381 e. The first kappa shape index (κ1) is 20.6. The number of rotatable bonds is 7. The van der Waals surface area contributed by atoms with Crippen molar-refractivity contribution in [1.29, 1.82) is 5.26 Å². The van der Waals surface area contributed by atoms with E-state index in [1.54, 1.807) is 17.0 Å². The van der Waals surface area contributed by atoms with Crippen molar-refractivity contribution in [2.45, 2.75) is 69.0 Å². The van der Waals surface area contributed by atoms with E-state index in [-0.39, 0.29) is 23.7 Å². The van der Waals surface area contributed by atoms with E-state index >= 15 is 0 Å². The summed E-state index contributed by atoms with van der Waals surface area (Å²) in [5.74, 6) is -0.746. The van der Waals surface area contributed by atoms with Gasteiger partial charge in [0.25, 0.3) is 11.8 Å². The molecule has 9 heteroatoms. The van der Waals surface area contributed by atoms with Crippen LogP contribution < -0.4 is 16.4 Å². The van der Waals surface area contributed by atoms with Crippen LogP contribution in [0.2, 0.25) is 0 Å². The predicted octanol–water partition coefficient (Wildman–Crippen LogP) is 1.57. The van der Waals surface area contributed by atoms with Crippen molar-refractivity contribution in [1.82, 2.24) is 15.1 Å². The predicted molar refractivity (Wildman–Crippen MR) is 110 cm³/mol. The number of primary amides is 1. The normalized spacial score (nSPS) is 26.5. The SMILES string of the molecule is N#CCC1(n2cc(C(N)=O)c(NC(=O)C3=CC3)n2)CCC(NC2CCOCC2)CC1. The quantitative estimate of drug-likeness (QED) is 0.622. The Hall–Kier alpha value is -2.70. The summed E-state index contributed by atoms with van der Waals surface area (Å²) in [6.45, 7) is 1.61. The van der Waals surface area contributed by atoms with E-state index in [1.807, 2.05) is 0 Å². The van der Waals surface area contributed by atoms with Gasteiger partial charge < -0.3 is 21.1 Å². The summed E-state index contributed by atoms with van der Waals surface area (Å²) >= 11 is 0. The van der Waals surface area contributed by atoms with Crippen LogP contribution in [0.25, 0.3) is 0 Å². The van der Waals surface area contributed by atoms with Crippen LogP contribution in [-0.2, 0) is 15.1 Å². The maximum atomic E-state index is 12.1. The van der Waals surface area contributed by atoms with Crippen molar-refractivity contribution in [3.63, 3.8) is 0 Å². The molecule has 0 aromatic carbocycles. The number of ether oxygens (including phenoxy) is 1. The monoisotopic (exact) mass is 412 g/mol. The number of hydrogen-bond acceptors (Lipinski definition) is 6. The summed E-state index contributed by atoms with van der Waals surface area (Å²) in [5, 5.41) is 20.4. The molecule has 0 unspecified atom stereocenters. The second-order valence-electron chi connectivity index (χ2n) is 8.47. The van der Waals surface area contributed by atoms with Gasteiger partial charge in [-0.2, -0.15) is 10.4 Å². The summed E-state index contributed by atoms with van der Waals surface area (Å²) in [5.41, 5.74) is 5.86. The van der Waals surface area contributed by atoms with Crippen LogP contribution in [0.15, 0.2) is 17.8 Å². The number of aromatic nitrogens is 2. The number of anilines is 1. The lowest BCUT2D eigenvalue weighted by Gasteiger charge is -2.40. The molecule has 160 valence electrons. The molecule has 3 aliphatic rings. The molecule has 2 heterocycles. The lowest BCUT2D eigenvalue weighted by molar-refractivity contribution is -0.112. The van der Waals surface area contributed by atoms with Gasteiger partial charge in [0, 0.05) is 37.1 Å². The average Bonchev–Trinajstić information content (AvgIpc) is 3.51. The summed E-state index contributed by atoms with van der Waals surface area (Å²) in [7, 11) is 0. The number of allylic oxidation sites excluding steroid dienone is 1. The highest BCUT2D eigenvalue weighted by Gasteiger charge is 2.39. The highest BCUT2D eigenvalue weighted by Crippen LogP contribution is 2.39. The van der Waals surface area contributed by atoms with Crippen molar-refractivity contribution < 1.29 is 14.3 Å². The molecule has 2 amide bonds. The molecule has 30 heavy (non-hydrogen) atoms. The van der Waals surface area contributed by atoms with Crippen LogP contribution >= 0.6 is 0 Å². The third kappa shape index (κ3) is 4.40. The molecule has 1 saturated carbocycles. The van der Waals surface area contributed by atoms with Gasteiger partial charge in [-0.1, -0.05) is 6.08 Å². The molecule has 2 aliphatic carbocycles. The standard InChI is InChI=1S/C21H28N6O3/c22-10-9-21(7-3-15(4-8-21)24-16-5-11-30-12-6-16)27-13-17(18(23)28)19(26-27)25-20(29)14-1-2-14/h1,13,15-16,24H,2-9,11-12H2,(H2,23,28)(H,25,26,29). The van der Waals surface area contributed by atoms with Gasteiger partial charge in [0.05, 0.1) is 18.0 Å². The van der Waals surface area contributed by atoms with E-state index in [9.17, 15) is 14.9 Å². The van der Waals surface area contributed by atoms with Crippen molar-refractivity contribution in [2.75, 3.05) is 18.5 Å². The van der Waals surface area contributed by atoms with Crippen LogP contribution in [0.1, 0.15) is 61.7 Å². The molecule has 2 fully saturated rings. The first-order chi connectivity index (χ1) is 14.5. The smallest absolute Gasteiger partial charge is 0.254 e. The van der Waals surface area contributed by atoms with Crippen LogP contribution in [-0.4, -0.2) is 46.9 Å². The van der Waals surface area contributed by atoms with E-state index in [2.05, 4.69) is 21.8 Å². The fourth-order valence-corrected chi connectivity index (χ4v) is 4.47. The number of nitrogens with one attached hydrogen (secondary N) is 2. The van der Waals surface area contributed by atoms with E-state index in [4.69, 9.17) is 10.5 Å². The van der Waals surface area contributed by atoms with E-state index < -0.39 is 11.4 Å². The minimum absolute atomic E-state index is 0.167. The highest BCUT2D eigenvalue weighted by molar-refractivity contribution is 6.09. The molecular weight excluding hydrogens is 384 g/mol. The number of amides is 2. The zero-order valence-electron chi connectivity index (χ0n) is 17.0. The number of hydrogen-bond donors (Lipinski definition) is 3. The molecule has 0 radical (unpaired) electrons. The maximum absolute atomic E-state index is 12.1. The maximum Gasteiger partial charge on any atom is 0.254 e. The molecule has 9 nitrogen and oxygen atoms in total. The Morgan fingerprint density at radius 3 is 2.53 bits per heavy atom. The van der Waals surface area contributed by atoms with Crippen LogP contribution in [0.4, 0.5) is 5.82 Å². The Morgan fingerprint density at radius 1 is 1.27 bits per heavy atom. The molecule has 1 aliphatic heterocycles. The van der Waals surface area contributed by atoms with Crippen molar-refractivity contribution >= 4 is 17.6 Å². The van der Waals surface area contributed by atoms with Gasteiger partial charge in [-0.05, 0) is 44.9 Å². The summed E-state index contributed by atoms with van der Waals surface area (Å²) in [6, 6.07) is 3.17. The average molecular weight is 412 g/mol. The molecular formula is C21H28N6O3. The van der Waals surface area contributed by atoms with Gasteiger partial charge in [-0.15, -0.1) is 0 Å². The Labute approximate surface area is 175 Å². The Bertz CT molecular complexity index is 885. The second-order valence-corrected chi connectivity index (χ2v) is 8.47. The number of nitrogens with zero attached hydrogens (tertiary/aromatic N) is 3. The third-order valence-electron chi connectivity index (χ3n) is 6.41. The summed E-state index contributed by atoms with van der Waals surface area (Å²) in [4.78, 5) is 24.1. The zero-order valence-corrected chi connectivity index (χ0v) is 17.0. The molecule has 0 atom stereocenters. The summed E-state index contributed by atoms with van der Waals surface area (Å²) < 4.78 is 7.12. The van der Waals surface area contributed by atoms with Crippen LogP contribution in [0.5, 0.6) is 0 Å². The molecule has 0 spiro atoms. The summed E-state index contributed by atoms with van der Waals surface area (Å²) in [6.07, 6.45) is 9.75. The first-order valence-corrected chi connectivity index (χ1v) is 10.6. The van der Waals surface area contributed by atoms with Gasteiger partial charge in [0.15, 0.2) is 5.82 Å². The lowest BCUT2D eigenvalue weighted by atomic mass is 9.77. The fraction of sp³-hybridized carbons (Fsp3) is 0.619. The molecule has 0 bridgehead atoms. The van der Waals surface area contributed by atoms with Crippen molar-refractivity contribution in [2.24, 2.45) is 5.73 Å².